The zero-order valence-corrected chi connectivity index (χ0v) is 14.8. The second kappa shape index (κ2) is 7.27. The van der Waals surface area contributed by atoms with Crippen molar-refractivity contribution in [3.8, 4) is 22.8 Å². The Hall–Kier alpha value is -4.08. The average Bonchev–Trinajstić information content (AvgIpc) is 3.41. The summed E-state index contributed by atoms with van der Waals surface area (Å²) in [6.45, 7) is 0.0905. The Kier molecular flexibility index (Phi) is 4.50. The van der Waals surface area contributed by atoms with E-state index < -0.39 is 5.91 Å². The van der Waals surface area contributed by atoms with Gasteiger partial charge < -0.3 is 14.5 Å². The van der Waals surface area contributed by atoms with Crippen molar-refractivity contribution in [1.82, 2.24) is 35.2 Å². The minimum absolute atomic E-state index is 0.0905. The predicted molar refractivity (Wildman–Crippen MR) is 96.4 cm³/mol. The summed E-state index contributed by atoms with van der Waals surface area (Å²) in [5.74, 6) is 0.168. The number of rotatable bonds is 5. The van der Waals surface area contributed by atoms with Gasteiger partial charge in [-0.15, -0.1) is 5.10 Å². The number of hydrogen-bond donors (Lipinski definition) is 1. The molecule has 140 valence electrons. The van der Waals surface area contributed by atoms with Gasteiger partial charge in [0.05, 0.1) is 11.3 Å². The van der Waals surface area contributed by atoms with Crippen LogP contribution in [0.25, 0.3) is 17.1 Å². The average molecular weight is 377 g/mol. The number of carbonyl (C=O) groups excluding carboxylic acids is 1. The Morgan fingerprint density at radius 3 is 2.79 bits per heavy atom. The normalized spacial score (nSPS) is 10.8. The number of benzene rings is 2. The molecule has 4 aromatic rings. The third-order valence-corrected chi connectivity index (χ3v) is 4.04. The van der Waals surface area contributed by atoms with E-state index in [9.17, 15) is 9.90 Å². The number of amides is 1. The van der Waals surface area contributed by atoms with Crippen LogP contribution in [0.1, 0.15) is 16.2 Å². The van der Waals surface area contributed by atoms with E-state index in [4.69, 9.17) is 4.52 Å². The molecule has 0 unspecified atom stereocenters. The number of carbonyl (C=O) groups is 1. The highest BCUT2D eigenvalue weighted by atomic mass is 16.5. The summed E-state index contributed by atoms with van der Waals surface area (Å²) in [5, 5.41) is 24.9. The molecule has 0 atom stereocenters. The maximum absolute atomic E-state index is 12.8. The van der Waals surface area contributed by atoms with Crippen molar-refractivity contribution in [2.45, 2.75) is 6.54 Å². The standard InChI is InChI=1S/C18H15N7O3/c1-24(10-16-20-17(21-28-16)12-5-3-2-4-6-12)18(27)14-9-13(7-8-15(14)26)25-11-19-22-23-25/h2-9,11,26H,10H2,1H3. The lowest BCUT2D eigenvalue weighted by Crippen LogP contribution is -2.26. The predicted octanol–water partition coefficient (Wildman–Crippen LogP) is 1.69. The molecule has 10 nitrogen and oxygen atoms in total. The molecule has 10 heteroatoms. The summed E-state index contributed by atoms with van der Waals surface area (Å²) in [7, 11) is 1.58. The van der Waals surface area contributed by atoms with Gasteiger partial charge >= 0.3 is 0 Å². The third-order valence-electron chi connectivity index (χ3n) is 4.04. The fraction of sp³-hybridized carbons (Fsp3) is 0.111. The van der Waals surface area contributed by atoms with Gasteiger partial charge in [0.1, 0.15) is 18.6 Å². The zero-order chi connectivity index (χ0) is 19.5. The molecule has 0 aliphatic heterocycles. The van der Waals surface area contributed by atoms with Crippen LogP contribution < -0.4 is 0 Å². The SMILES string of the molecule is CN(Cc1nc(-c2ccccc2)no1)C(=O)c1cc(-n2cnnn2)ccc1O. The molecule has 0 fully saturated rings. The van der Waals surface area contributed by atoms with Crippen LogP contribution in [0.5, 0.6) is 5.75 Å². The van der Waals surface area contributed by atoms with E-state index in [-0.39, 0.29) is 23.7 Å². The first-order chi connectivity index (χ1) is 13.6. The maximum atomic E-state index is 12.8. The first kappa shape index (κ1) is 17.3. The third kappa shape index (κ3) is 3.43. The van der Waals surface area contributed by atoms with Crippen LogP contribution in [0.3, 0.4) is 0 Å². The van der Waals surface area contributed by atoms with Gasteiger partial charge in [-0.1, -0.05) is 35.5 Å². The van der Waals surface area contributed by atoms with Crippen molar-refractivity contribution < 1.29 is 14.4 Å². The molecule has 0 aliphatic rings. The van der Waals surface area contributed by atoms with Crippen LogP contribution in [0, 0.1) is 0 Å². The van der Waals surface area contributed by atoms with Crippen molar-refractivity contribution in [3.05, 3.63) is 66.3 Å². The van der Waals surface area contributed by atoms with E-state index in [1.165, 1.54) is 28.0 Å². The molecule has 28 heavy (non-hydrogen) atoms. The summed E-state index contributed by atoms with van der Waals surface area (Å²) in [4.78, 5) is 18.5. The van der Waals surface area contributed by atoms with Crippen molar-refractivity contribution in [2.24, 2.45) is 0 Å². The monoisotopic (exact) mass is 377 g/mol. The number of phenols is 1. The molecular formula is C18H15N7O3. The molecule has 4 rings (SSSR count). The molecule has 0 aliphatic carbocycles. The highest BCUT2D eigenvalue weighted by Crippen LogP contribution is 2.22. The van der Waals surface area contributed by atoms with Crippen LogP contribution in [0.15, 0.2) is 59.4 Å². The van der Waals surface area contributed by atoms with Crippen LogP contribution in [-0.4, -0.2) is 53.3 Å². The molecule has 0 saturated carbocycles. The van der Waals surface area contributed by atoms with Crippen molar-refractivity contribution in [2.75, 3.05) is 7.05 Å². The Morgan fingerprint density at radius 2 is 2.04 bits per heavy atom. The van der Waals surface area contributed by atoms with E-state index >= 15 is 0 Å². The summed E-state index contributed by atoms with van der Waals surface area (Å²) >= 11 is 0. The fourth-order valence-electron chi connectivity index (χ4n) is 2.62. The van der Waals surface area contributed by atoms with Crippen molar-refractivity contribution in [3.63, 3.8) is 0 Å². The molecule has 1 N–H and O–H groups in total. The second-order valence-electron chi connectivity index (χ2n) is 5.99. The number of hydrogen-bond acceptors (Lipinski definition) is 8. The molecule has 2 aromatic heterocycles. The summed E-state index contributed by atoms with van der Waals surface area (Å²) < 4.78 is 6.63. The number of aromatic hydroxyl groups is 1. The highest BCUT2D eigenvalue weighted by Gasteiger charge is 2.20. The lowest BCUT2D eigenvalue weighted by atomic mass is 10.1. The number of phenolic OH excluding ortho intramolecular Hbond substituents is 1. The van der Waals surface area contributed by atoms with Gasteiger partial charge in [0, 0.05) is 12.6 Å². The lowest BCUT2D eigenvalue weighted by Gasteiger charge is -2.16. The minimum atomic E-state index is -0.410. The van der Waals surface area contributed by atoms with Gasteiger partial charge in [-0.2, -0.15) is 4.98 Å². The Morgan fingerprint density at radius 1 is 1.21 bits per heavy atom. The minimum Gasteiger partial charge on any atom is -0.507 e. The molecular weight excluding hydrogens is 362 g/mol. The molecule has 2 aromatic carbocycles. The second-order valence-corrected chi connectivity index (χ2v) is 5.99. The fourth-order valence-corrected chi connectivity index (χ4v) is 2.62. The van der Waals surface area contributed by atoms with E-state index in [0.29, 0.717) is 11.5 Å². The van der Waals surface area contributed by atoms with Crippen LogP contribution >= 0.6 is 0 Å². The van der Waals surface area contributed by atoms with Gasteiger partial charge in [-0.25, -0.2) is 4.68 Å². The van der Waals surface area contributed by atoms with Crippen LogP contribution in [-0.2, 0) is 6.54 Å². The highest BCUT2D eigenvalue weighted by molar-refractivity contribution is 5.97. The number of aromatic nitrogens is 6. The number of tetrazole rings is 1. The van der Waals surface area contributed by atoms with Gasteiger partial charge in [0.25, 0.3) is 5.91 Å². The van der Waals surface area contributed by atoms with E-state index in [1.807, 2.05) is 30.3 Å². The Labute approximate surface area is 159 Å². The Bertz CT molecular complexity index is 1090. The van der Waals surface area contributed by atoms with E-state index in [2.05, 4.69) is 25.7 Å². The summed E-state index contributed by atoms with van der Waals surface area (Å²) in [5.41, 5.74) is 1.47. The summed E-state index contributed by atoms with van der Waals surface area (Å²) in [6, 6.07) is 13.9. The topological polar surface area (TPSA) is 123 Å². The van der Waals surface area contributed by atoms with Crippen LogP contribution in [0.2, 0.25) is 0 Å². The zero-order valence-electron chi connectivity index (χ0n) is 14.8. The molecule has 0 spiro atoms. The molecule has 0 bridgehead atoms. The lowest BCUT2D eigenvalue weighted by molar-refractivity contribution is 0.0766. The first-order valence-corrected chi connectivity index (χ1v) is 8.31. The van der Waals surface area contributed by atoms with Gasteiger partial charge in [-0.3, -0.25) is 4.79 Å². The first-order valence-electron chi connectivity index (χ1n) is 8.31. The molecule has 1 amide bonds. The maximum Gasteiger partial charge on any atom is 0.257 e. The van der Waals surface area contributed by atoms with Gasteiger partial charge in [0.2, 0.25) is 11.7 Å². The van der Waals surface area contributed by atoms with Gasteiger partial charge in [-0.05, 0) is 28.6 Å². The van der Waals surface area contributed by atoms with Gasteiger partial charge in [0.15, 0.2) is 0 Å². The molecule has 0 radical (unpaired) electrons. The van der Waals surface area contributed by atoms with Crippen LogP contribution in [0.4, 0.5) is 0 Å². The smallest absolute Gasteiger partial charge is 0.257 e. The Balaban J connectivity index is 1.53. The summed E-state index contributed by atoms with van der Waals surface area (Å²) in [6.07, 6.45) is 1.40. The van der Waals surface area contributed by atoms with E-state index in [0.717, 1.165) is 5.56 Å². The van der Waals surface area contributed by atoms with E-state index in [1.54, 1.807) is 13.1 Å². The van der Waals surface area contributed by atoms with Crippen molar-refractivity contribution >= 4 is 5.91 Å². The molecule has 2 heterocycles. The quantitative estimate of drug-likeness (QED) is 0.557. The number of nitrogens with zero attached hydrogens (tertiary/aromatic N) is 7. The largest absolute Gasteiger partial charge is 0.507 e. The van der Waals surface area contributed by atoms with Crippen molar-refractivity contribution in [1.29, 1.82) is 0 Å². The molecule has 0 saturated heterocycles.